The lowest BCUT2D eigenvalue weighted by Crippen LogP contribution is -2.31. The van der Waals surface area contributed by atoms with E-state index in [9.17, 15) is 0 Å². The van der Waals surface area contributed by atoms with Crippen LogP contribution in [0.1, 0.15) is 44.9 Å². The molecule has 1 aliphatic carbocycles. The Labute approximate surface area is 93.9 Å². The lowest BCUT2D eigenvalue weighted by atomic mass is 10.0. The van der Waals surface area contributed by atoms with Crippen molar-refractivity contribution in [2.24, 2.45) is 0 Å². The molecule has 1 aromatic rings. The molecule has 1 fully saturated rings. The SMILES string of the molecule is CC(C)(CCO)Nc1nc(C2CC2)ns1. The van der Waals surface area contributed by atoms with E-state index in [1.54, 1.807) is 0 Å². The summed E-state index contributed by atoms with van der Waals surface area (Å²) in [4.78, 5) is 4.45. The summed E-state index contributed by atoms with van der Waals surface area (Å²) in [6.07, 6.45) is 3.18. The van der Waals surface area contributed by atoms with Gasteiger partial charge in [0.1, 0.15) is 5.82 Å². The molecule has 0 aromatic carbocycles. The summed E-state index contributed by atoms with van der Waals surface area (Å²) in [5.41, 5.74) is -0.116. The van der Waals surface area contributed by atoms with Crippen molar-refractivity contribution in [2.45, 2.75) is 44.6 Å². The smallest absolute Gasteiger partial charge is 0.202 e. The van der Waals surface area contributed by atoms with E-state index in [0.29, 0.717) is 12.3 Å². The molecule has 15 heavy (non-hydrogen) atoms. The van der Waals surface area contributed by atoms with Gasteiger partial charge in [0.15, 0.2) is 0 Å². The maximum Gasteiger partial charge on any atom is 0.202 e. The van der Waals surface area contributed by atoms with E-state index in [1.807, 2.05) is 0 Å². The van der Waals surface area contributed by atoms with Crippen LogP contribution in [0.5, 0.6) is 0 Å². The molecule has 1 aliphatic rings. The zero-order chi connectivity index (χ0) is 10.9. The minimum Gasteiger partial charge on any atom is -0.396 e. The molecule has 0 atom stereocenters. The van der Waals surface area contributed by atoms with Gasteiger partial charge in [0.2, 0.25) is 5.13 Å². The molecule has 0 spiro atoms. The van der Waals surface area contributed by atoms with Crippen LogP contribution >= 0.6 is 11.5 Å². The van der Waals surface area contributed by atoms with Crippen molar-refractivity contribution in [3.63, 3.8) is 0 Å². The van der Waals surface area contributed by atoms with E-state index in [2.05, 4.69) is 28.5 Å². The molecule has 2 N–H and O–H groups in total. The lowest BCUT2D eigenvalue weighted by molar-refractivity contribution is 0.261. The van der Waals surface area contributed by atoms with Crippen LogP contribution in [-0.2, 0) is 0 Å². The van der Waals surface area contributed by atoms with Crippen LogP contribution in [0.3, 0.4) is 0 Å². The van der Waals surface area contributed by atoms with Gasteiger partial charge >= 0.3 is 0 Å². The molecule has 0 bridgehead atoms. The summed E-state index contributed by atoms with van der Waals surface area (Å²) in [6, 6.07) is 0. The number of aromatic nitrogens is 2. The largest absolute Gasteiger partial charge is 0.396 e. The fourth-order valence-electron chi connectivity index (χ4n) is 1.42. The van der Waals surface area contributed by atoms with Gasteiger partial charge in [-0.3, -0.25) is 0 Å². The number of nitrogens with zero attached hydrogens (tertiary/aromatic N) is 2. The van der Waals surface area contributed by atoms with Gasteiger partial charge in [0, 0.05) is 29.6 Å². The highest BCUT2D eigenvalue weighted by atomic mass is 32.1. The van der Waals surface area contributed by atoms with E-state index < -0.39 is 0 Å². The molecule has 0 aliphatic heterocycles. The van der Waals surface area contributed by atoms with Gasteiger partial charge in [-0.25, -0.2) is 4.98 Å². The van der Waals surface area contributed by atoms with Crippen LogP contribution in [0.15, 0.2) is 0 Å². The molecule has 0 unspecified atom stereocenters. The van der Waals surface area contributed by atoms with Gasteiger partial charge in [-0.2, -0.15) is 4.37 Å². The monoisotopic (exact) mass is 227 g/mol. The summed E-state index contributed by atoms with van der Waals surface area (Å²) in [5, 5.41) is 13.1. The number of aliphatic hydroxyl groups excluding tert-OH is 1. The van der Waals surface area contributed by atoms with Crippen LogP contribution in [0, 0.1) is 0 Å². The van der Waals surface area contributed by atoms with Gasteiger partial charge in [0.25, 0.3) is 0 Å². The predicted octanol–water partition coefficient (Wildman–Crippen LogP) is 1.99. The van der Waals surface area contributed by atoms with Gasteiger partial charge in [-0.15, -0.1) is 0 Å². The molecule has 0 saturated heterocycles. The first-order valence-corrected chi connectivity index (χ1v) is 6.11. The number of hydrogen-bond acceptors (Lipinski definition) is 5. The number of rotatable bonds is 5. The Morgan fingerprint density at radius 1 is 1.53 bits per heavy atom. The molecule has 1 saturated carbocycles. The Hall–Kier alpha value is -0.680. The fraction of sp³-hybridized carbons (Fsp3) is 0.800. The zero-order valence-electron chi connectivity index (χ0n) is 9.16. The summed E-state index contributed by atoms with van der Waals surface area (Å²) >= 11 is 1.42. The number of nitrogens with one attached hydrogen (secondary N) is 1. The minimum absolute atomic E-state index is 0.116. The van der Waals surface area contributed by atoms with Crippen molar-refractivity contribution < 1.29 is 5.11 Å². The van der Waals surface area contributed by atoms with Gasteiger partial charge < -0.3 is 10.4 Å². The molecule has 84 valence electrons. The van der Waals surface area contributed by atoms with Crippen LogP contribution in [-0.4, -0.2) is 26.6 Å². The normalized spacial score (nSPS) is 16.7. The van der Waals surface area contributed by atoms with Crippen LogP contribution in [0.2, 0.25) is 0 Å². The van der Waals surface area contributed by atoms with Crippen molar-refractivity contribution in [1.82, 2.24) is 9.36 Å². The quantitative estimate of drug-likeness (QED) is 0.807. The third kappa shape index (κ3) is 2.89. The Morgan fingerprint density at radius 2 is 2.27 bits per heavy atom. The molecule has 4 nitrogen and oxygen atoms in total. The molecule has 2 rings (SSSR count). The topological polar surface area (TPSA) is 58.0 Å². The highest BCUT2D eigenvalue weighted by Gasteiger charge is 2.28. The van der Waals surface area contributed by atoms with Crippen LogP contribution < -0.4 is 5.32 Å². The molecule has 0 amide bonds. The fourth-order valence-corrected chi connectivity index (χ4v) is 2.25. The molecule has 1 heterocycles. The average molecular weight is 227 g/mol. The van der Waals surface area contributed by atoms with E-state index in [0.717, 1.165) is 11.0 Å². The molecule has 5 heteroatoms. The number of hydrogen-bond donors (Lipinski definition) is 2. The van der Waals surface area contributed by atoms with Gasteiger partial charge in [-0.1, -0.05) is 0 Å². The van der Waals surface area contributed by atoms with E-state index >= 15 is 0 Å². The first kappa shape index (κ1) is 10.8. The van der Waals surface area contributed by atoms with Crippen molar-refractivity contribution in [3.8, 4) is 0 Å². The highest BCUT2D eigenvalue weighted by molar-refractivity contribution is 7.09. The summed E-state index contributed by atoms with van der Waals surface area (Å²) < 4.78 is 4.33. The molecule has 0 radical (unpaired) electrons. The second-order valence-corrected chi connectivity index (χ2v) is 5.47. The maximum atomic E-state index is 8.91. The molecule has 1 aromatic heterocycles. The molecular formula is C10H17N3OS. The molecular weight excluding hydrogens is 210 g/mol. The summed E-state index contributed by atoms with van der Waals surface area (Å²) in [5.74, 6) is 1.60. The van der Waals surface area contributed by atoms with E-state index in [4.69, 9.17) is 5.11 Å². The van der Waals surface area contributed by atoms with Gasteiger partial charge in [0.05, 0.1) is 0 Å². The van der Waals surface area contributed by atoms with Crippen molar-refractivity contribution in [1.29, 1.82) is 0 Å². The predicted molar refractivity (Wildman–Crippen MR) is 61.3 cm³/mol. The Bertz CT molecular complexity index is 333. The summed E-state index contributed by atoms with van der Waals surface area (Å²) in [7, 11) is 0. The Morgan fingerprint density at radius 3 is 2.87 bits per heavy atom. The Balaban J connectivity index is 1.97. The van der Waals surface area contributed by atoms with E-state index in [-0.39, 0.29) is 12.1 Å². The third-order valence-corrected chi connectivity index (χ3v) is 3.21. The van der Waals surface area contributed by atoms with Crippen LogP contribution in [0.4, 0.5) is 5.13 Å². The van der Waals surface area contributed by atoms with Crippen molar-refractivity contribution in [2.75, 3.05) is 11.9 Å². The third-order valence-electron chi connectivity index (χ3n) is 2.57. The second-order valence-electron chi connectivity index (χ2n) is 4.71. The van der Waals surface area contributed by atoms with Crippen LogP contribution in [0.25, 0.3) is 0 Å². The van der Waals surface area contributed by atoms with E-state index in [1.165, 1.54) is 24.4 Å². The first-order chi connectivity index (χ1) is 7.11. The van der Waals surface area contributed by atoms with Gasteiger partial charge in [-0.05, 0) is 33.1 Å². The first-order valence-electron chi connectivity index (χ1n) is 5.33. The highest BCUT2D eigenvalue weighted by Crippen LogP contribution is 2.39. The average Bonchev–Trinajstić information content (AvgIpc) is 2.88. The minimum atomic E-state index is -0.116. The van der Waals surface area contributed by atoms with Crippen molar-refractivity contribution >= 4 is 16.7 Å². The Kier molecular flexibility index (Phi) is 2.93. The lowest BCUT2D eigenvalue weighted by Gasteiger charge is -2.24. The summed E-state index contributed by atoms with van der Waals surface area (Å²) in [6.45, 7) is 4.30. The standard InChI is InChI=1S/C10H17N3OS/c1-10(2,5-6-14)12-9-11-8(13-15-9)7-3-4-7/h7,14H,3-6H2,1-2H3,(H,11,12,13). The van der Waals surface area contributed by atoms with Crippen molar-refractivity contribution in [3.05, 3.63) is 5.82 Å². The maximum absolute atomic E-state index is 8.91. The second kappa shape index (κ2) is 4.06. The number of anilines is 1. The number of aliphatic hydroxyl groups is 1. The zero-order valence-corrected chi connectivity index (χ0v) is 9.97.